The summed E-state index contributed by atoms with van der Waals surface area (Å²) in [5.74, 6) is -0.230. The summed E-state index contributed by atoms with van der Waals surface area (Å²) in [5.41, 5.74) is 4.98. The van der Waals surface area contributed by atoms with Gasteiger partial charge in [-0.1, -0.05) is 11.6 Å². The van der Waals surface area contributed by atoms with Crippen LogP contribution in [0.3, 0.4) is 0 Å². The Morgan fingerprint density at radius 1 is 1.42 bits per heavy atom. The summed E-state index contributed by atoms with van der Waals surface area (Å²) < 4.78 is 26.9. The minimum atomic E-state index is -3.83. The molecule has 0 radical (unpaired) electrons. The summed E-state index contributed by atoms with van der Waals surface area (Å²) in [4.78, 5) is 11.2. The van der Waals surface area contributed by atoms with Gasteiger partial charge in [0.05, 0.1) is 5.02 Å². The lowest BCUT2D eigenvalue weighted by atomic mass is 10.1. The summed E-state index contributed by atoms with van der Waals surface area (Å²) in [6.45, 7) is 4.81. The SMILES string of the molecule is CC(=O)c1ccc(Cl)c(S(=O)(=O)NC(C)(C)CN)c1. The molecule has 0 heterocycles. The molecule has 0 aliphatic heterocycles. The quantitative estimate of drug-likeness (QED) is 0.808. The van der Waals surface area contributed by atoms with Crippen LogP contribution in [0, 0.1) is 0 Å². The van der Waals surface area contributed by atoms with Crippen molar-refractivity contribution < 1.29 is 13.2 Å². The van der Waals surface area contributed by atoms with Gasteiger partial charge in [-0.05, 0) is 39.0 Å². The molecule has 1 aromatic rings. The van der Waals surface area contributed by atoms with E-state index in [9.17, 15) is 13.2 Å². The first-order valence-electron chi connectivity index (χ1n) is 5.63. The van der Waals surface area contributed by atoms with Crippen LogP contribution < -0.4 is 10.5 Å². The Kier molecular flexibility index (Phi) is 4.73. The van der Waals surface area contributed by atoms with Gasteiger partial charge in [0.2, 0.25) is 10.0 Å². The Morgan fingerprint density at radius 2 is 2.00 bits per heavy atom. The first-order valence-corrected chi connectivity index (χ1v) is 7.50. The molecule has 0 saturated carbocycles. The maximum atomic E-state index is 12.2. The number of carbonyl (C=O) groups is 1. The molecule has 0 saturated heterocycles. The smallest absolute Gasteiger partial charge is 0.242 e. The maximum Gasteiger partial charge on any atom is 0.242 e. The van der Waals surface area contributed by atoms with E-state index in [0.29, 0.717) is 0 Å². The second-order valence-electron chi connectivity index (χ2n) is 4.89. The van der Waals surface area contributed by atoms with E-state index >= 15 is 0 Å². The Bertz CT molecular complexity index is 597. The van der Waals surface area contributed by atoms with Gasteiger partial charge in [0.1, 0.15) is 4.90 Å². The highest BCUT2D eigenvalue weighted by Crippen LogP contribution is 2.24. The molecule has 0 aliphatic carbocycles. The predicted molar refractivity (Wildman–Crippen MR) is 74.9 cm³/mol. The normalized spacial score (nSPS) is 12.5. The van der Waals surface area contributed by atoms with E-state index < -0.39 is 15.6 Å². The zero-order chi connectivity index (χ0) is 14.8. The lowest BCUT2D eigenvalue weighted by Gasteiger charge is -2.24. The number of hydrogen-bond acceptors (Lipinski definition) is 4. The van der Waals surface area contributed by atoms with Crippen molar-refractivity contribution in [2.45, 2.75) is 31.2 Å². The molecule has 0 unspecified atom stereocenters. The van der Waals surface area contributed by atoms with E-state index in [1.807, 2.05) is 0 Å². The van der Waals surface area contributed by atoms with Gasteiger partial charge in [-0.25, -0.2) is 13.1 Å². The molecule has 0 spiro atoms. The van der Waals surface area contributed by atoms with Crippen LogP contribution >= 0.6 is 11.6 Å². The fraction of sp³-hybridized carbons (Fsp3) is 0.417. The van der Waals surface area contributed by atoms with E-state index in [1.54, 1.807) is 13.8 Å². The fourth-order valence-electron chi connectivity index (χ4n) is 1.39. The van der Waals surface area contributed by atoms with Crippen LogP contribution in [0.4, 0.5) is 0 Å². The van der Waals surface area contributed by atoms with Gasteiger partial charge in [0, 0.05) is 17.6 Å². The average molecular weight is 305 g/mol. The van der Waals surface area contributed by atoms with Crippen LogP contribution in [-0.4, -0.2) is 26.3 Å². The van der Waals surface area contributed by atoms with Crippen molar-refractivity contribution in [2.24, 2.45) is 5.73 Å². The highest BCUT2D eigenvalue weighted by molar-refractivity contribution is 7.89. The van der Waals surface area contributed by atoms with Gasteiger partial charge in [0.25, 0.3) is 0 Å². The standard InChI is InChI=1S/C12H17ClN2O3S/c1-8(16)9-4-5-10(13)11(6-9)19(17,18)15-12(2,3)7-14/h4-6,15H,7,14H2,1-3H3. The van der Waals surface area contributed by atoms with Crippen molar-refractivity contribution in [1.82, 2.24) is 4.72 Å². The molecule has 0 aromatic heterocycles. The van der Waals surface area contributed by atoms with E-state index in [2.05, 4.69) is 4.72 Å². The summed E-state index contributed by atoms with van der Waals surface area (Å²) in [7, 11) is -3.83. The number of rotatable bonds is 5. The molecular formula is C12H17ClN2O3S. The Hall–Kier alpha value is -0.950. The Balaban J connectivity index is 3.28. The van der Waals surface area contributed by atoms with Gasteiger partial charge in [-0.2, -0.15) is 0 Å². The molecule has 3 N–H and O–H groups in total. The summed E-state index contributed by atoms with van der Waals surface area (Å²) in [6.07, 6.45) is 0. The third-order valence-corrected chi connectivity index (χ3v) is 4.73. The molecule has 7 heteroatoms. The molecule has 1 aromatic carbocycles. The van der Waals surface area contributed by atoms with Crippen LogP contribution in [0.25, 0.3) is 0 Å². The zero-order valence-electron chi connectivity index (χ0n) is 11.0. The van der Waals surface area contributed by atoms with Crippen LogP contribution in [0.2, 0.25) is 5.02 Å². The summed E-state index contributed by atoms with van der Waals surface area (Å²) >= 11 is 5.90. The number of ketones is 1. The van der Waals surface area contributed by atoms with Crippen LogP contribution in [0.5, 0.6) is 0 Å². The molecule has 19 heavy (non-hydrogen) atoms. The Morgan fingerprint density at radius 3 is 2.47 bits per heavy atom. The van der Waals surface area contributed by atoms with Gasteiger partial charge in [0.15, 0.2) is 5.78 Å². The molecule has 106 valence electrons. The van der Waals surface area contributed by atoms with Gasteiger partial charge >= 0.3 is 0 Å². The first-order chi connectivity index (χ1) is 8.59. The third kappa shape index (κ3) is 4.01. The van der Waals surface area contributed by atoms with Gasteiger partial charge < -0.3 is 5.73 Å². The topological polar surface area (TPSA) is 89.3 Å². The van der Waals surface area contributed by atoms with E-state index in [-0.39, 0.29) is 27.8 Å². The maximum absolute atomic E-state index is 12.2. The summed E-state index contributed by atoms with van der Waals surface area (Å²) in [6, 6.07) is 4.14. The molecule has 0 atom stereocenters. The van der Waals surface area contributed by atoms with Crippen LogP contribution in [0.1, 0.15) is 31.1 Å². The second-order valence-corrected chi connectivity index (χ2v) is 6.95. The highest BCUT2D eigenvalue weighted by atomic mass is 35.5. The zero-order valence-corrected chi connectivity index (χ0v) is 12.6. The van der Waals surface area contributed by atoms with Gasteiger partial charge in [-0.3, -0.25) is 4.79 Å². The van der Waals surface area contributed by atoms with E-state index in [1.165, 1.54) is 25.1 Å². The number of nitrogens with two attached hydrogens (primary N) is 1. The molecule has 0 bridgehead atoms. The highest BCUT2D eigenvalue weighted by Gasteiger charge is 2.27. The van der Waals surface area contributed by atoms with Crippen molar-refractivity contribution in [3.63, 3.8) is 0 Å². The number of benzene rings is 1. The predicted octanol–water partition coefficient (Wildman–Crippen LogP) is 1.56. The third-order valence-electron chi connectivity index (χ3n) is 2.55. The number of nitrogens with one attached hydrogen (secondary N) is 1. The number of Topliss-reactive ketones (excluding diaryl/α,β-unsaturated/α-hetero) is 1. The van der Waals surface area contributed by atoms with E-state index in [0.717, 1.165) is 0 Å². The van der Waals surface area contributed by atoms with Crippen molar-refractivity contribution in [1.29, 1.82) is 0 Å². The molecule has 0 fully saturated rings. The minimum Gasteiger partial charge on any atom is -0.329 e. The first kappa shape index (κ1) is 16.1. The van der Waals surface area contributed by atoms with Crippen molar-refractivity contribution in [3.05, 3.63) is 28.8 Å². The summed E-state index contributed by atoms with van der Waals surface area (Å²) in [5, 5.41) is 0.0605. The number of hydrogen-bond donors (Lipinski definition) is 2. The molecule has 0 aliphatic rings. The van der Waals surface area contributed by atoms with Gasteiger partial charge in [-0.15, -0.1) is 0 Å². The largest absolute Gasteiger partial charge is 0.329 e. The molecular weight excluding hydrogens is 288 g/mol. The van der Waals surface area contributed by atoms with Crippen molar-refractivity contribution in [3.8, 4) is 0 Å². The number of sulfonamides is 1. The lowest BCUT2D eigenvalue weighted by molar-refractivity contribution is 0.101. The molecule has 0 amide bonds. The van der Waals surface area contributed by atoms with E-state index in [4.69, 9.17) is 17.3 Å². The van der Waals surface area contributed by atoms with Crippen LogP contribution in [-0.2, 0) is 10.0 Å². The monoisotopic (exact) mass is 304 g/mol. The minimum absolute atomic E-state index is 0.0605. The lowest BCUT2D eigenvalue weighted by Crippen LogP contribution is -2.48. The number of carbonyl (C=O) groups excluding carboxylic acids is 1. The number of halogens is 1. The van der Waals surface area contributed by atoms with Crippen molar-refractivity contribution in [2.75, 3.05) is 6.54 Å². The fourth-order valence-corrected chi connectivity index (χ4v) is 3.34. The Labute approximate surface area is 118 Å². The second kappa shape index (κ2) is 5.58. The molecule has 5 nitrogen and oxygen atoms in total. The van der Waals surface area contributed by atoms with Crippen molar-refractivity contribution >= 4 is 27.4 Å². The molecule has 1 rings (SSSR count). The van der Waals surface area contributed by atoms with Crippen LogP contribution in [0.15, 0.2) is 23.1 Å². The average Bonchev–Trinajstić information content (AvgIpc) is 2.27.